The second-order valence-corrected chi connectivity index (χ2v) is 7.74. The molecule has 4 aromatic rings. The number of rotatable bonds is 3. The van der Waals surface area contributed by atoms with E-state index >= 15 is 0 Å². The van der Waals surface area contributed by atoms with E-state index in [-0.39, 0.29) is 29.9 Å². The van der Waals surface area contributed by atoms with Crippen molar-refractivity contribution in [2.24, 2.45) is 0 Å². The Bertz CT molecular complexity index is 1440. The highest BCUT2D eigenvalue weighted by atomic mass is 19.2. The highest BCUT2D eigenvalue weighted by Crippen LogP contribution is 2.34. The van der Waals surface area contributed by atoms with Crippen molar-refractivity contribution in [1.82, 2.24) is 14.9 Å². The minimum Gasteiger partial charge on any atom is -0.497 e. The van der Waals surface area contributed by atoms with Gasteiger partial charge in [-0.3, -0.25) is 9.59 Å². The second kappa shape index (κ2) is 7.45. The molecule has 0 bridgehead atoms. The zero-order valence-corrected chi connectivity index (χ0v) is 17.3. The van der Waals surface area contributed by atoms with Gasteiger partial charge in [-0.1, -0.05) is 0 Å². The SMILES string of the molecule is COc1ccc2[nH]c(C(=O)N(C)[C@H]3COCc4[nH]c(=O)c5cc(F)c(F)cc5c43)cc2c1. The number of nitrogens with zero attached hydrogens (tertiary/aromatic N) is 1. The van der Waals surface area contributed by atoms with Gasteiger partial charge in [-0.05, 0) is 41.8 Å². The van der Waals surface area contributed by atoms with Crippen molar-refractivity contribution in [1.29, 1.82) is 0 Å². The monoisotopic (exact) mass is 439 g/mol. The Balaban J connectivity index is 1.59. The maximum atomic E-state index is 14.1. The number of carbonyl (C=O) groups is 1. The lowest BCUT2D eigenvalue weighted by molar-refractivity contribution is 0.0333. The summed E-state index contributed by atoms with van der Waals surface area (Å²) in [6, 6.07) is 8.42. The zero-order valence-electron chi connectivity index (χ0n) is 17.3. The molecule has 1 atom stereocenters. The molecule has 1 amide bonds. The smallest absolute Gasteiger partial charge is 0.270 e. The molecule has 3 heterocycles. The minimum absolute atomic E-state index is 0.0214. The molecule has 0 radical (unpaired) electrons. The number of methoxy groups -OCH3 is 1. The lowest BCUT2D eigenvalue weighted by Gasteiger charge is -2.33. The largest absolute Gasteiger partial charge is 0.497 e. The van der Waals surface area contributed by atoms with Gasteiger partial charge in [-0.15, -0.1) is 0 Å². The Morgan fingerprint density at radius 1 is 1.12 bits per heavy atom. The molecule has 9 heteroatoms. The first-order valence-corrected chi connectivity index (χ1v) is 9.93. The number of benzene rings is 2. The summed E-state index contributed by atoms with van der Waals surface area (Å²) < 4.78 is 38.7. The summed E-state index contributed by atoms with van der Waals surface area (Å²) in [7, 11) is 3.17. The molecule has 5 rings (SSSR count). The molecule has 0 saturated carbocycles. The number of hydrogen-bond donors (Lipinski definition) is 2. The van der Waals surface area contributed by atoms with Gasteiger partial charge in [0.15, 0.2) is 11.6 Å². The number of aromatic nitrogens is 2. The molecule has 2 aromatic heterocycles. The van der Waals surface area contributed by atoms with Crippen LogP contribution in [0.2, 0.25) is 0 Å². The first-order chi connectivity index (χ1) is 15.4. The van der Waals surface area contributed by atoms with Crippen LogP contribution >= 0.6 is 0 Å². The topological polar surface area (TPSA) is 87.4 Å². The summed E-state index contributed by atoms with van der Waals surface area (Å²) in [5.41, 5.74) is 1.56. The van der Waals surface area contributed by atoms with Gasteiger partial charge >= 0.3 is 0 Å². The number of fused-ring (bicyclic) bond motifs is 4. The third kappa shape index (κ3) is 3.13. The van der Waals surface area contributed by atoms with Gasteiger partial charge in [0, 0.05) is 29.2 Å². The van der Waals surface area contributed by atoms with Gasteiger partial charge in [0.25, 0.3) is 11.5 Å². The molecule has 0 saturated heterocycles. The Labute approximate surface area is 180 Å². The molecule has 7 nitrogen and oxygen atoms in total. The van der Waals surface area contributed by atoms with Gasteiger partial charge in [-0.25, -0.2) is 8.78 Å². The lowest BCUT2D eigenvalue weighted by atomic mass is 9.95. The van der Waals surface area contributed by atoms with Crippen LogP contribution in [-0.4, -0.2) is 41.5 Å². The number of pyridine rings is 1. The molecule has 164 valence electrons. The maximum Gasteiger partial charge on any atom is 0.270 e. The summed E-state index contributed by atoms with van der Waals surface area (Å²) in [6.45, 7) is 0.244. The number of amides is 1. The van der Waals surface area contributed by atoms with E-state index in [1.165, 1.54) is 4.90 Å². The highest BCUT2D eigenvalue weighted by Gasteiger charge is 2.32. The van der Waals surface area contributed by atoms with Gasteiger partial charge in [0.2, 0.25) is 0 Å². The van der Waals surface area contributed by atoms with Crippen LogP contribution in [-0.2, 0) is 11.3 Å². The fourth-order valence-electron chi connectivity index (χ4n) is 4.23. The number of halogens is 2. The van der Waals surface area contributed by atoms with Gasteiger partial charge in [-0.2, -0.15) is 0 Å². The molecule has 0 unspecified atom stereocenters. The summed E-state index contributed by atoms with van der Waals surface area (Å²) >= 11 is 0. The predicted octanol–water partition coefficient (Wildman–Crippen LogP) is 3.64. The van der Waals surface area contributed by atoms with E-state index in [2.05, 4.69) is 9.97 Å². The van der Waals surface area contributed by atoms with Crippen LogP contribution in [0, 0.1) is 11.6 Å². The molecule has 1 aliphatic heterocycles. The van der Waals surface area contributed by atoms with Crippen molar-refractivity contribution < 1.29 is 23.0 Å². The standard InChI is InChI=1S/C23H19F2N3O4/c1-28(23(30)18-6-11-5-12(31-2)3-4-17(11)26-18)20-10-32-9-19-21(20)13-7-15(24)16(25)8-14(13)22(29)27-19/h3-8,20,26H,9-10H2,1-2H3,(H,27,29)/t20-/m0/s1. The molecule has 0 aliphatic carbocycles. The first kappa shape index (κ1) is 20.2. The molecule has 0 fully saturated rings. The Morgan fingerprint density at radius 2 is 1.88 bits per heavy atom. The quantitative estimate of drug-likeness (QED) is 0.510. The number of likely N-dealkylation sites (N-methyl/N-ethyl adjacent to an activating group) is 1. The fraction of sp³-hybridized carbons (Fsp3) is 0.217. The van der Waals surface area contributed by atoms with Crippen LogP contribution in [0.5, 0.6) is 5.75 Å². The third-order valence-corrected chi connectivity index (χ3v) is 5.89. The van der Waals surface area contributed by atoms with E-state index in [1.807, 2.05) is 12.1 Å². The molecule has 1 aliphatic rings. The average Bonchev–Trinajstić information content (AvgIpc) is 3.22. The molecule has 2 N–H and O–H groups in total. The summed E-state index contributed by atoms with van der Waals surface area (Å²) in [5, 5.41) is 1.10. The Hall–Kier alpha value is -3.72. The summed E-state index contributed by atoms with van der Waals surface area (Å²) in [5.74, 6) is -1.81. The number of carbonyl (C=O) groups excluding carboxylic acids is 1. The first-order valence-electron chi connectivity index (χ1n) is 9.93. The van der Waals surface area contributed by atoms with E-state index in [0.29, 0.717) is 22.7 Å². The number of nitrogens with one attached hydrogen (secondary N) is 2. The van der Waals surface area contributed by atoms with E-state index in [4.69, 9.17) is 9.47 Å². The van der Waals surface area contributed by atoms with Crippen molar-refractivity contribution in [2.75, 3.05) is 20.8 Å². The Kier molecular flexibility index (Phi) is 4.70. The van der Waals surface area contributed by atoms with Gasteiger partial charge < -0.3 is 24.3 Å². The van der Waals surface area contributed by atoms with Crippen molar-refractivity contribution in [3.8, 4) is 5.75 Å². The number of hydrogen-bond acceptors (Lipinski definition) is 4. The van der Waals surface area contributed by atoms with Crippen molar-refractivity contribution >= 4 is 27.6 Å². The highest BCUT2D eigenvalue weighted by molar-refractivity contribution is 5.99. The maximum absolute atomic E-state index is 14.1. The van der Waals surface area contributed by atoms with E-state index < -0.39 is 23.2 Å². The second-order valence-electron chi connectivity index (χ2n) is 7.74. The molecular formula is C23H19F2N3O4. The van der Waals surface area contributed by atoms with Crippen LogP contribution in [0.3, 0.4) is 0 Å². The normalized spacial score (nSPS) is 15.7. The summed E-state index contributed by atoms with van der Waals surface area (Å²) in [4.78, 5) is 33.0. The van der Waals surface area contributed by atoms with E-state index in [0.717, 1.165) is 23.0 Å². The number of ether oxygens (including phenoxy) is 2. The lowest BCUT2D eigenvalue weighted by Crippen LogP contribution is -2.37. The average molecular weight is 439 g/mol. The molecule has 0 spiro atoms. The van der Waals surface area contributed by atoms with Crippen LogP contribution < -0.4 is 10.3 Å². The molecule has 32 heavy (non-hydrogen) atoms. The van der Waals surface area contributed by atoms with E-state index in [1.54, 1.807) is 26.3 Å². The van der Waals surface area contributed by atoms with Crippen molar-refractivity contribution in [3.63, 3.8) is 0 Å². The van der Waals surface area contributed by atoms with Gasteiger partial charge in [0.1, 0.15) is 11.4 Å². The van der Waals surface area contributed by atoms with Crippen molar-refractivity contribution in [3.05, 3.63) is 75.3 Å². The molecule has 2 aromatic carbocycles. The third-order valence-electron chi connectivity index (χ3n) is 5.89. The van der Waals surface area contributed by atoms with Crippen LogP contribution in [0.25, 0.3) is 21.7 Å². The Morgan fingerprint density at radius 3 is 2.62 bits per heavy atom. The van der Waals surface area contributed by atoms with E-state index in [9.17, 15) is 18.4 Å². The van der Waals surface area contributed by atoms with Crippen LogP contribution in [0.1, 0.15) is 27.8 Å². The van der Waals surface area contributed by atoms with Crippen LogP contribution in [0.15, 0.2) is 41.2 Å². The predicted molar refractivity (Wildman–Crippen MR) is 114 cm³/mol. The fourth-order valence-corrected chi connectivity index (χ4v) is 4.23. The summed E-state index contributed by atoms with van der Waals surface area (Å²) in [6.07, 6.45) is 0. The minimum atomic E-state index is -1.11. The van der Waals surface area contributed by atoms with Crippen molar-refractivity contribution in [2.45, 2.75) is 12.6 Å². The number of aromatic amines is 2. The molecular weight excluding hydrogens is 420 g/mol. The zero-order chi connectivity index (χ0) is 22.6. The van der Waals surface area contributed by atoms with Crippen LogP contribution in [0.4, 0.5) is 8.78 Å². The van der Waals surface area contributed by atoms with Gasteiger partial charge in [0.05, 0.1) is 31.8 Å². The number of H-pyrrole nitrogens is 2.